The molecule has 1 saturated heterocycles. The molecule has 100 valence electrons. The molecular weight excluding hydrogens is 258 g/mol. The molecule has 0 unspecified atom stereocenters. The maximum atomic E-state index is 11.0. The van der Waals surface area contributed by atoms with E-state index in [1.54, 1.807) is 12.1 Å². The Balaban J connectivity index is 0.00000162. The Morgan fingerprint density at radius 3 is 2.61 bits per heavy atom. The molecule has 2 rings (SSSR count). The first-order valence-corrected chi connectivity index (χ1v) is 5.50. The summed E-state index contributed by atoms with van der Waals surface area (Å²) in [7, 11) is 1.50. The molecule has 0 bridgehead atoms. The van der Waals surface area contributed by atoms with Crippen LogP contribution in [0.4, 0.5) is 11.4 Å². The fourth-order valence-corrected chi connectivity index (χ4v) is 1.95. The standard InChI is InChI=1S/C11H15N3O3.ClH/c1-17-9-2-3-10(11(8-9)14(15)16)13-6-4-12-5-7-13;/h2-3,8,12H,4-7H2,1H3;1H/p-1. The third-order valence-electron chi connectivity index (χ3n) is 2.84. The zero-order chi connectivity index (χ0) is 12.3. The fourth-order valence-electron chi connectivity index (χ4n) is 1.95. The Morgan fingerprint density at radius 1 is 1.39 bits per heavy atom. The van der Waals surface area contributed by atoms with Crippen molar-refractivity contribution in [2.75, 3.05) is 38.2 Å². The van der Waals surface area contributed by atoms with Crippen molar-refractivity contribution in [3.8, 4) is 5.75 Å². The Morgan fingerprint density at radius 2 is 2.06 bits per heavy atom. The summed E-state index contributed by atoms with van der Waals surface area (Å²) < 4.78 is 5.01. The highest BCUT2D eigenvalue weighted by Gasteiger charge is 2.21. The van der Waals surface area contributed by atoms with Crippen LogP contribution in [0.2, 0.25) is 0 Å². The molecule has 0 aliphatic carbocycles. The normalized spacial score (nSPS) is 14.8. The molecule has 1 fully saturated rings. The Kier molecular flexibility index (Phi) is 5.18. The highest BCUT2D eigenvalue weighted by Crippen LogP contribution is 2.32. The van der Waals surface area contributed by atoms with Gasteiger partial charge < -0.3 is 27.4 Å². The number of methoxy groups -OCH3 is 1. The minimum atomic E-state index is -0.361. The molecule has 1 aromatic carbocycles. The van der Waals surface area contributed by atoms with E-state index < -0.39 is 0 Å². The summed E-state index contributed by atoms with van der Waals surface area (Å²) in [5.74, 6) is 0.510. The summed E-state index contributed by atoms with van der Waals surface area (Å²) >= 11 is 0. The molecule has 0 amide bonds. The SMILES string of the molecule is COc1ccc(N2CCNCC2)c([N+](=O)[O-])c1.[Cl-]. The van der Waals surface area contributed by atoms with Crippen molar-refractivity contribution in [3.63, 3.8) is 0 Å². The van der Waals surface area contributed by atoms with Crippen molar-refractivity contribution in [2.24, 2.45) is 0 Å². The number of ether oxygens (including phenoxy) is 1. The minimum absolute atomic E-state index is 0. The Bertz CT molecular complexity index is 422. The van der Waals surface area contributed by atoms with Gasteiger partial charge in [0.15, 0.2) is 0 Å². The summed E-state index contributed by atoms with van der Waals surface area (Å²) in [5, 5.41) is 14.3. The van der Waals surface area contributed by atoms with Crippen molar-refractivity contribution < 1.29 is 22.1 Å². The quantitative estimate of drug-likeness (QED) is 0.510. The van der Waals surface area contributed by atoms with Gasteiger partial charge in [-0.25, -0.2) is 0 Å². The molecule has 0 spiro atoms. The highest BCUT2D eigenvalue weighted by molar-refractivity contribution is 5.65. The molecule has 7 heteroatoms. The predicted octanol–water partition coefficient (Wildman–Crippen LogP) is -1.98. The number of benzene rings is 1. The lowest BCUT2D eigenvalue weighted by Crippen LogP contribution is -3.00. The second-order valence-corrected chi connectivity index (χ2v) is 3.85. The van der Waals surface area contributed by atoms with Gasteiger partial charge in [-0.05, 0) is 12.1 Å². The van der Waals surface area contributed by atoms with Gasteiger partial charge in [0.25, 0.3) is 5.69 Å². The van der Waals surface area contributed by atoms with Crippen molar-refractivity contribution in [2.45, 2.75) is 0 Å². The van der Waals surface area contributed by atoms with Crippen molar-refractivity contribution in [3.05, 3.63) is 28.3 Å². The van der Waals surface area contributed by atoms with Crippen LogP contribution in [0, 0.1) is 10.1 Å². The number of nitrogens with zero attached hydrogens (tertiary/aromatic N) is 2. The monoisotopic (exact) mass is 272 g/mol. The lowest BCUT2D eigenvalue weighted by molar-refractivity contribution is -0.384. The molecule has 0 saturated carbocycles. The van der Waals surface area contributed by atoms with Crippen molar-refractivity contribution in [1.29, 1.82) is 0 Å². The summed E-state index contributed by atoms with van der Waals surface area (Å²) in [6, 6.07) is 4.98. The summed E-state index contributed by atoms with van der Waals surface area (Å²) in [5.41, 5.74) is 0.767. The molecule has 1 aliphatic heterocycles. The topological polar surface area (TPSA) is 67.6 Å². The number of hydrogen-bond acceptors (Lipinski definition) is 5. The second kappa shape index (κ2) is 6.42. The lowest BCUT2D eigenvalue weighted by Gasteiger charge is -2.29. The maximum absolute atomic E-state index is 11.0. The van der Waals surface area contributed by atoms with Gasteiger partial charge in [0.05, 0.1) is 18.1 Å². The summed E-state index contributed by atoms with van der Waals surface area (Å²) in [6.07, 6.45) is 0. The van der Waals surface area contributed by atoms with Crippen molar-refractivity contribution in [1.82, 2.24) is 5.32 Å². The van der Waals surface area contributed by atoms with Gasteiger partial charge in [-0.15, -0.1) is 0 Å². The molecule has 0 atom stereocenters. The first-order chi connectivity index (χ1) is 8.22. The zero-order valence-corrected chi connectivity index (χ0v) is 10.8. The minimum Gasteiger partial charge on any atom is -1.00 e. The molecule has 6 nitrogen and oxygen atoms in total. The van der Waals surface area contributed by atoms with Crippen LogP contribution in [0.25, 0.3) is 0 Å². The zero-order valence-electron chi connectivity index (χ0n) is 10.1. The molecule has 1 aromatic rings. The van der Waals surface area contributed by atoms with Gasteiger partial charge in [-0.2, -0.15) is 0 Å². The first kappa shape index (κ1) is 14.5. The maximum Gasteiger partial charge on any atom is 0.296 e. The van der Waals surface area contributed by atoms with Crippen LogP contribution in [-0.4, -0.2) is 38.2 Å². The van der Waals surface area contributed by atoms with Gasteiger partial charge in [0.2, 0.25) is 0 Å². The third kappa shape index (κ3) is 3.02. The second-order valence-electron chi connectivity index (χ2n) is 3.85. The van der Waals surface area contributed by atoms with E-state index in [4.69, 9.17) is 4.74 Å². The fraction of sp³-hybridized carbons (Fsp3) is 0.455. The molecule has 0 aromatic heterocycles. The van der Waals surface area contributed by atoms with E-state index in [9.17, 15) is 10.1 Å². The van der Waals surface area contributed by atoms with Gasteiger partial charge in [-0.1, -0.05) is 0 Å². The molecular formula is C11H15ClN3O3-. The molecule has 1 heterocycles. The number of nitro benzene ring substituents is 1. The number of rotatable bonds is 3. The van der Waals surface area contributed by atoms with E-state index in [1.807, 2.05) is 4.90 Å². The number of nitro groups is 1. The van der Waals surface area contributed by atoms with Crippen LogP contribution in [0.1, 0.15) is 0 Å². The third-order valence-corrected chi connectivity index (χ3v) is 2.84. The van der Waals surface area contributed by atoms with E-state index in [-0.39, 0.29) is 23.0 Å². The number of nitrogens with one attached hydrogen (secondary N) is 1. The van der Waals surface area contributed by atoms with E-state index >= 15 is 0 Å². The molecule has 0 radical (unpaired) electrons. The van der Waals surface area contributed by atoms with Gasteiger partial charge in [0.1, 0.15) is 11.4 Å². The molecule has 1 N–H and O–H groups in total. The van der Waals surface area contributed by atoms with E-state index in [1.165, 1.54) is 13.2 Å². The van der Waals surface area contributed by atoms with E-state index in [0.717, 1.165) is 26.2 Å². The van der Waals surface area contributed by atoms with Crippen LogP contribution in [0.15, 0.2) is 18.2 Å². The van der Waals surface area contributed by atoms with Gasteiger partial charge in [-0.3, -0.25) is 10.1 Å². The van der Waals surface area contributed by atoms with Crippen LogP contribution < -0.4 is 27.4 Å². The highest BCUT2D eigenvalue weighted by atomic mass is 35.5. The number of piperazine rings is 1. The average molecular weight is 273 g/mol. The predicted molar refractivity (Wildman–Crippen MR) is 64.7 cm³/mol. The number of halogens is 1. The first-order valence-electron chi connectivity index (χ1n) is 5.50. The van der Waals surface area contributed by atoms with Crippen LogP contribution >= 0.6 is 0 Å². The number of hydrogen-bond donors (Lipinski definition) is 1. The van der Waals surface area contributed by atoms with Crippen LogP contribution in [-0.2, 0) is 0 Å². The summed E-state index contributed by atoms with van der Waals surface area (Å²) in [6.45, 7) is 3.27. The van der Waals surface area contributed by atoms with E-state index in [0.29, 0.717) is 11.4 Å². The van der Waals surface area contributed by atoms with Crippen LogP contribution in [0.3, 0.4) is 0 Å². The number of anilines is 1. The summed E-state index contributed by atoms with van der Waals surface area (Å²) in [4.78, 5) is 12.7. The Labute approximate surface area is 111 Å². The van der Waals surface area contributed by atoms with Crippen molar-refractivity contribution >= 4 is 11.4 Å². The molecule has 1 aliphatic rings. The van der Waals surface area contributed by atoms with E-state index in [2.05, 4.69) is 5.32 Å². The van der Waals surface area contributed by atoms with Gasteiger partial charge >= 0.3 is 0 Å². The lowest BCUT2D eigenvalue weighted by atomic mass is 10.2. The Hall–Kier alpha value is -1.53. The van der Waals surface area contributed by atoms with Gasteiger partial charge in [0, 0.05) is 26.2 Å². The average Bonchev–Trinajstić information content (AvgIpc) is 2.39. The smallest absolute Gasteiger partial charge is 0.296 e. The molecule has 18 heavy (non-hydrogen) atoms. The van der Waals surface area contributed by atoms with Crippen LogP contribution in [0.5, 0.6) is 5.75 Å². The largest absolute Gasteiger partial charge is 1.00 e.